The van der Waals surface area contributed by atoms with Gasteiger partial charge in [0.1, 0.15) is 0 Å². The number of unbranched alkanes of at least 4 members (excludes halogenated alkanes) is 10. The van der Waals surface area contributed by atoms with Gasteiger partial charge in [0.05, 0.1) is 0 Å². The second kappa shape index (κ2) is 25.0. The molecule has 0 amide bonds. The van der Waals surface area contributed by atoms with Crippen LogP contribution in [0.25, 0.3) is 22.3 Å². The van der Waals surface area contributed by atoms with E-state index in [2.05, 4.69) is 217 Å². The first kappa shape index (κ1) is 60.2. The van der Waals surface area contributed by atoms with E-state index in [0.29, 0.717) is 0 Å². The summed E-state index contributed by atoms with van der Waals surface area (Å²) < 4.78 is 2.57. The summed E-state index contributed by atoms with van der Waals surface area (Å²) in [5.41, 5.74) is 14.8. The number of aryl methyl sites for hydroxylation is 2. The van der Waals surface area contributed by atoms with Crippen LogP contribution >= 0.6 is 84.3 Å². The SMILES string of the molecule is CC(C)(C)c1cc(C(C)(C)C)c(P=c2c(-c3csc(CCCCCCCCI)c3)c(-c3csc(CCCCCCCCI)c3)c2=Pc2c(C(C)(C)C)cc(C(C)(C)C)cc2C(C)(C)C)c(C(C)(C)C)c1. The van der Waals surface area contributed by atoms with E-state index < -0.39 is 0 Å². The summed E-state index contributed by atoms with van der Waals surface area (Å²) in [6.45, 7) is 43.8. The number of alkyl halides is 2. The molecule has 0 aliphatic heterocycles. The highest BCUT2D eigenvalue weighted by Crippen LogP contribution is 2.48. The molecule has 0 N–H and O–H groups in total. The summed E-state index contributed by atoms with van der Waals surface area (Å²) in [6, 6.07) is 15.6. The lowest BCUT2D eigenvalue weighted by Crippen LogP contribution is -2.30. The van der Waals surface area contributed by atoms with Gasteiger partial charge in [-0.05, 0) is 147 Å². The molecule has 3 aromatic carbocycles. The Kier molecular flexibility index (Phi) is 21.5. The summed E-state index contributed by atoms with van der Waals surface area (Å²) in [5.74, 6) is 0. The lowest BCUT2D eigenvalue weighted by atomic mass is 9.75. The van der Waals surface area contributed by atoms with Crippen molar-refractivity contribution in [3.63, 3.8) is 0 Å². The lowest BCUT2D eigenvalue weighted by Gasteiger charge is -2.33. The van der Waals surface area contributed by atoms with Crippen LogP contribution < -0.4 is 10.6 Å². The second-order valence-corrected chi connectivity index (χ2v) is 33.1. The minimum Gasteiger partial charge on any atom is -0.148 e. The molecule has 0 fully saturated rings. The topological polar surface area (TPSA) is 0 Å². The van der Waals surface area contributed by atoms with E-state index in [9.17, 15) is 0 Å². The molecule has 2 heterocycles. The molecule has 5 rings (SSSR count). The van der Waals surface area contributed by atoms with Crippen molar-refractivity contribution in [3.05, 3.63) is 100 Å². The Bertz CT molecular complexity index is 2330. The molecule has 386 valence electrons. The fraction of sp³-hybridized carbons (Fsp3) is 0.625. The molecule has 0 aliphatic carbocycles. The van der Waals surface area contributed by atoms with Gasteiger partial charge < -0.3 is 0 Å². The van der Waals surface area contributed by atoms with Crippen LogP contribution in [-0.4, -0.2) is 8.86 Å². The molecular formula is C64H94I2P2S2. The lowest BCUT2D eigenvalue weighted by molar-refractivity contribution is 0.553. The average molecular weight is 1240 g/mol. The molecule has 0 radical (unpaired) electrons. The van der Waals surface area contributed by atoms with Crippen LogP contribution in [0, 0.1) is 9.88 Å². The highest BCUT2D eigenvalue weighted by atomic mass is 127. The van der Waals surface area contributed by atoms with E-state index in [1.165, 1.54) is 191 Å². The Hall–Kier alpha value is -0.620. The summed E-state index contributed by atoms with van der Waals surface area (Å²) in [4.78, 5) is 6.16. The Morgan fingerprint density at radius 1 is 0.357 bits per heavy atom. The van der Waals surface area contributed by atoms with E-state index in [1.54, 1.807) is 9.75 Å². The monoisotopic (exact) mass is 1240 g/mol. The van der Waals surface area contributed by atoms with Gasteiger partial charge in [-0.1, -0.05) is 262 Å². The zero-order valence-electron chi connectivity index (χ0n) is 47.4. The van der Waals surface area contributed by atoms with Crippen molar-refractivity contribution < 1.29 is 0 Å². The number of benzene rings is 2. The number of hydrogen-bond acceptors (Lipinski definition) is 2. The van der Waals surface area contributed by atoms with E-state index in [0.717, 1.165) is 0 Å². The van der Waals surface area contributed by atoms with Crippen molar-refractivity contribution in [2.24, 2.45) is 0 Å². The van der Waals surface area contributed by atoms with Crippen LogP contribution in [0.15, 0.2) is 47.2 Å². The summed E-state index contributed by atoms with van der Waals surface area (Å²) in [5, 5.41) is 8.11. The minimum absolute atomic E-state index is 0.0241. The zero-order chi connectivity index (χ0) is 52.0. The fourth-order valence-corrected chi connectivity index (χ4v) is 16.5. The molecule has 2 aromatic heterocycles. The van der Waals surface area contributed by atoms with Crippen molar-refractivity contribution in [3.8, 4) is 22.3 Å². The average Bonchev–Trinajstić information content (AvgIpc) is 3.90. The van der Waals surface area contributed by atoms with Crippen LogP contribution in [0.2, 0.25) is 0 Å². The maximum Gasteiger partial charge on any atom is 0.0234 e. The normalized spacial score (nSPS) is 13.9. The predicted molar refractivity (Wildman–Crippen MR) is 341 cm³/mol. The maximum atomic E-state index is 2.61. The predicted octanol–water partition coefficient (Wildman–Crippen LogP) is 22.0. The van der Waals surface area contributed by atoms with Gasteiger partial charge in [-0.15, -0.1) is 22.7 Å². The number of rotatable bonds is 20. The second-order valence-electron chi connectivity index (χ2n) is 26.7. The molecular weight excluding hydrogens is 1150 g/mol. The minimum atomic E-state index is -0.0241. The standard InChI is InChI=1S/C64H94I2P2S2/c1-59(2,3)45-37-49(61(7,8)9)55(50(38-45)62(10,11)12)67-57-53(43-35-47(69-41-43)31-27-23-19-21-25-29-33-65)54(44-36-48(70-42-44)32-28-24-20-22-26-30-34-66)58(57)68-56-51(63(13,14)15)39-46(60(4,5)6)40-52(56)64(16,17)18/h35-42H,19-34H2,1-18H3. The zero-order valence-corrected chi connectivity index (χ0v) is 55.1. The van der Waals surface area contributed by atoms with Crippen LogP contribution in [-0.2, 0) is 45.3 Å². The van der Waals surface area contributed by atoms with Crippen molar-refractivity contribution in [2.75, 3.05) is 8.86 Å². The van der Waals surface area contributed by atoms with Gasteiger partial charge in [0, 0.05) is 41.4 Å². The van der Waals surface area contributed by atoms with Gasteiger partial charge in [0.25, 0.3) is 0 Å². The number of hydrogen-bond donors (Lipinski definition) is 0. The van der Waals surface area contributed by atoms with Crippen molar-refractivity contribution >= 4 is 94.9 Å². The van der Waals surface area contributed by atoms with E-state index in [1.807, 2.05) is 22.7 Å². The molecule has 0 atom stereocenters. The fourth-order valence-electron chi connectivity index (χ4n) is 9.56. The van der Waals surface area contributed by atoms with Gasteiger partial charge in [-0.3, -0.25) is 0 Å². The summed E-state index contributed by atoms with van der Waals surface area (Å²) in [6.07, 6.45) is 18.6. The van der Waals surface area contributed by atoms with Gasteiger partial charge in [0.15, 0.2) is 0 Å². The summed E-state index contributed by atoms with van der Waals surface area (Å²) >= 11 is 9.08. The molecule has 0 unspecified atom stereocenters. The first-order valence-electron chi connectivity index (χ1n) is 27.1. The van der Waals surface area contributed by atoms with Gasteiger partial charge in [-0.2, -0.15) is 0 Å². The largest absolute Gasteiger partial charge is 0.148 e. The highest BCUT2D eigenvalue weighted by molar-refractivity contribution is 14.1. The molecule has 0 saturated heterocycles. The smallest absolute Gasteiger partial charge is 0.0234 e. The van der Waals surface area contributed by atoms with Gasteiger partial charge >= 0.3 is 0 Å². The third-order valence-corrected chi connectivity index (χ3v) is 20.5. The molecule has 0 nitrogen and oxygen atoms in total. The summed E-state index contributed by atoms with van der Waals surface area (Å²) in [7, 11) is 2.66. The van der Waals surface area contributed by atoms with Crippen molar-refractivity contribution in [2.45, 2.75) is 247 Å². The van der Waals surface area contributed by atoms with Crippen molar-refractivity contribution in [1.29, 1.82) is 0 Å². The Morgan fingerprint density at radius 2 is 0.629 bits per heavy atom. The van der Waals surface area contributed by atoms with Gasteiger partial charge in [-0.25, -0.2) is 0 Å². The molecule has 70 heavy (non-hydrogen) atoms. The molecule has 0 aliphatic rings. The van der Waals surface area contributed by atoms with Crippen LogP contribution in [0.4, 0.5) is 0 Å². The molecule has 0 spiro atoms. The molecule has 0 bridgehead atoms. The van der Waals surface area contributed by atoms with Gasteiger partial charge in [0.2, 0.25) is 0 Å². The molecule has 0 saturated carbocycles. The van der Waals surface area contributed by atoms with E-state index >= 15 is 0 Å². The van der Waals surface area contributed by atoms with E-state index in [4.69, 9.17) is 0 Å². The Labute approximate surface area is 468 Å². The highest BCUT2D eigenvalue weighted by Gasteiger charge is 2.32. The number of halogens is 2. The first-order chi connectivity index (χ1) is 32.5. The van der Waals surface area contributed by atoms with Crippen LogP contribution in [0.3, 0.4) is 0 Å². The Balaban J connectivity index is 1.92. The first-order valence-corrected chi connectivity index (χ1v) is 33.7. The third kappa shape index (κ3) is 16.2. The van der Waals surface area contributed by atoms with E-state index in [-0.39, 0.29) is 32.5 Å². The molecule has 5 aromatic rings. The maximum absolute atomic E-state index is 2.61. The number of thiophene rings is 2. The van der Waals surface area contributed by atoms with Crippen LogP contribution in [0.5, 0.6) is 0 Å². The quantitative estimate of drug-likeness (QED) is 0.0315. The molecule has 6 heteroatoms. The third-order valence-electron chi connectivity index (χ3n) is 14.1. The Morgan fingerprint density at radius 3 is 0.886 bits per heavy atom. The van der Waals surface area contributed by atoms with Crippen LogP contribution in [0.1, 0.15) is 245 Å². The van der Waals surface area contributed by atoms with Crippen molar-refractivity contribution in [1.82, 2.24) is 0 Å².